The Morgan fingerprint density at radius 1 is 1.00 bits per heavy atom. The average Bonchev–Trinajstić information content (AvgIpc) is 3.30. The first-order valence-corrected chi connectivity index (χ1v) is 10.8. The number of likely N-dealkylation sites (tertiary alicyclic amines) is 1. The maximum atomic E-state index is 13.2. The molecule has 3 amide bonds. The molecule has 0 aromatic heterocycles. The minimum atomic E-state index is -0.417. The predicted molar refractivity (Wildman–Crippen MR) is 118 cm³/mol. The van der Waals surface area contributed by atoms with Gasteiger partial charge in [-0.2, -0.15) is 5.26 Å². The van der Waals surface area contributed by atoms with Crippen molar-refractivity contribution in [3.63, 3.8) is 0 Å². The van der Waals surface area contributed by atoms with E-state index in [1.165, 1.54) is 5.56 Å². The molecule has 2 aliphatic rings. The molecule has 160 valence electrons. The number of piperazine rings is 1. The number of anilines is 1. The summed E-state index contributed by atoms with van der Waals surface area (Å²) in [5, 5.41) is 11.9. The van der Waals surface area contributed by atoms with E-state index in [1.807, 2.05) is 23.1 Å². The van der Waals surface area contributed by atoms with Crippen LogP contribution in [0.25, 0.3) is 0 Å². The molecule has 0 radical (unpaired) electrons. The first kappa shape index (κ1) is 20.9. The number of carbonyl (C=O) groups excluding carboxylic acids is 2. The van der Waals surface area contributed by atoms with Gasteiger partial charge in [-0.3, -0.25) is 9.69 Å². The smallest absolute Gasteiger partial charge is 0.322 e. The van der Waals surface area contributed by atoms with Crippen LogP contribution in [0.1, 0.15) is 24.0 Å². The summed E-state index contributed by atoms with van der Waals surface area (Å²) < 4.78 is 0. The summed E-state index contributed by atoms with van der Waals surface area (Å²) in [5.41, 5.74) is 2.33. The molecule has 0 spiro atoms. The van der Waals surface area contributed by atoms with Gasteiger partial charge in [0.25, 0.3) is 0 Å². The maximum Gasteiger partial charge on any atom is 0.322 e. The highest BCUT2D eigenvalue weighted by Crippen LogP contribution is 2.22. The topological polar surface area (TPSA) is 79.7 Å². The van der Waals surface area contributed by atoms with Crippen molar-refractivity contribution in [1.29, 1.82) is 5.26 Å². The molecule has 0 bridgehead atoms. The summed E-state index contributed by atoms with van der Waals surface area (Å²) in [6.45, 7) is 4.49. The number of benzene rings is 2. The molecule has 2 fully saturated rings. The third kappa shape index (κ3) is 5.04. The fourth-order valence-electron chi connectivity index (χ4n) is 4.31. The summed E-state index contributed by atoms with van der Waals surface area (Å²) in [6.07, 6.45) is 1.50. The van der Waals surface area contributed by atoms with E-state index in [9.17, 15) is 9.59 Å². The Morgan fingerprint density at radius 3 is 2.52 bits per heavy atom. The fourth-order valence-corrected chi connectivity index (χ4v) is 4.31. The van der Waals surface area contributed by atoms with Crippen molar-refractivity contribution in [3.8, 4) is 6.07 Å². The first-order valence-electron chi connectivity index (χ1n) is 10.8. The second-order valence-electron chi connectivity index (χ2n) is 8.06. The summed E-state index contributed by atoms with van der Waals surface area (Å²) >= 11 is 0. The number of carbonyl (C=O) groups is 2. The van der Waals surface area contributed by atoms with Crippen molar-refractivity contribution in [2.24, 2.45) is 0 Å². The zero-order chi connectivity index (χ0) is 21.6. The molecule has 0 aliphatic carbocycles. The Balaban J connectivity index is 1.32. The number of rotatable bonds is 4. The van der Waals surface area contributed by atoms with Crippen molar-refractivity contribution < 1.29 is 9.59 Å². The normalized spacial score (nSPS) is 19.1. The van der Waals surface area contributed by atoms with Gasteiger partial charge in [0, 0.05) is 45.0 Å². The Bertz CT molecular complexity index is 963. The molecule has 1 N–H and O–H groups in total. The zero-order valence-corrected chi connectivity index (χ0v) is 17.5. The molecular weight excluding hydrogens is 390 g/mol. The van der Waals surface area contributed by atoms with Crippen LogP contribution in [0.3, 0.4) is 0 Å². The van der Waals surface area contributed by atoms with Crippen LogP contribution in [0, 0.1) is 11.3 Å². The number of nitrogens with zero attached hydrogens (tertiary/aromatic N) is 4. The molecule has 2 saturated heterocycles. The Morgan fingerprint density at radius 2 is 1.77 bits per heavy atom. The van der Waals surface area contributed by atoms with Gasteiger partial charge < -0.3 is 15.1 Å². The van der Waals surface area contributed by atoms with E-state index in [0.717, 1.165) is 26.1 Å². The van der Waals surface area contributed by atoms with Gasteiger partial charge in [0.1, 0.15) is 6.04 Å². The largest absolute Gasteiger partial charge is 0.338 e. The van der Waals surface area contributed by atoms with E-state index in [-0.39, 0.29) is 11.9 Å². The highest BCUT2D eigenvalue weighted by atomic mass is 16.2. The first-order chi connectivity index (χ1) is 15.1. The number of amides is 3. The lowest BCUT2D eigenvalue weighted by Gasteiger charge is -2.37. The third-order valence-electron chi connectivity index (χ3n) is 5.97. The van der Waals surface area contributed by atoms with Crippen LogP contribution in [0.2, 0.25) is 0 Å². The van der Waals surface area contributed by atoms with Crippen molar-refractivity contribution >= 4 is 17.6 Å². The van der Waals surface area contributed by atoms with Crippen molar-refractivity contribution in [1.82, 2.24) is 14.7 Å². The molecule has 2 aliphatic heterocycles. The van der Waals surface area contributed by atoms with E-state index in [4.69, 9.17) is 5.26 Å². The van der Waals surface area contributed by atoms with Crippen LogP contribution in [0.15, 0.2) is 54.6 Å². The van der Waals surface area contributed by atoms with Gasteiger partial charge in [-0.25, -0.2) is 4.79 Å². The molecule has 1 unspecified atom stereocenters. The highest BCUT2D eigenvalue weighted by Gasteiger charge is 2.37. The standard InChI is InChI=1S/C24H27N5O2/c25-17-20-8-4-9-21(16-20)26-24(31)29-11-5-10-22(29)23(30)28-14-12-27(13-15-28)18-19-6-2-1-3-7-19/h1-4,6-9,16,22H,5,10-15,18H2,(H,26,31). The molecule has 31 heavy (non-hydrogen) atoms. The Hall–Kier alpha value is -3.37. The lowest BCUT2D eigenvalue weighted by atomic mass is 10.1. The van der Waals surface area contributed by atoms with Crippen LogP contribution in [0.4, 0.5) is 10.5 Å². The second-order valence-corrected chi connectivity index (χ2v) is 8.06. The van der Waals surface area contributed by atoms with Gasteiger partial charge >= 0.3 is 6.03 Å². The van der Waals surface area contributed by atoms with Crippen LogP contribution < -0.4 is 5.32 Å². The quantitative estimate of drug-likeness (QED) is 0.830. The van der Waals surface area contributed by atoms with Crippen LogP contribution in [-0.2, 0) is 11.3 Å². The molecule has 7 nitrogen and oxygen atoms in total. The minimum Gasteiger partial charge on any atom is -0.338 e. The second kappa shape index (κ2) is 9.63. The zero-order valence-electron chi connectivity index (χ0n) is 17.5. The van der Waals surface area contributed by atoms with E-state index < -0.39 is 6.04 Å². The van der Waals surface area contributed by atoms with Crippen LogP contribution in [0.5, 0.6) is 0 Å². The van der Waals surface area contributed by atoms with Crippen molar-refractivity contribution in [3.05, 3.63) is 65.7 Å². The molecule has 0 saturated carbocycles. The van der Waals surface area contributed by atoms with Gasteiger partial charge in [0.15, 0.2) is 0 Å². The molecule has 7 heteroatoms. The lowest BCUT2D eigenvalue weighted by molar-refractivity contribution is -0.136. The van der Waals surface area contributed by atoms with E-state index in [2.05, 4.69) is 28.4 Å². The summed E-state index contributed by atoms with van der Waals surface area (Å²) in [7, 11) is 0. The third-order valence-corrected chi connectivity index (χ3v) is 5.97. The SMILES string of the molecule is N#Cc1cccc(NC(=O)N2CCCC2C(=O)N2CCN(Cc3ccccc3)CC2)c1. The van der Waals surface area contributed by atoms with E-state index in [0.29, 0.717) is 37.3 Å². The molecule has 2 aromatic carbocycles. The predicted octanol–water partition coefficient (Wildman–Crippen LogP) is 2.90. The number of urea groups is 1. The van der Waals surface area contributed by atoms with Gasteiger partial charge in [-0.05, 0) is 36.6 Å². The lowest BCUT2D eigenvalue weighted by Crippen LogP contribution is -2.54. The monoisotopic (exact) mass is 417 g/mol. The molecular formula is C24H27N5O2. The van der Waals surface area contributed by atoms with Crippen LogP contribution in [-0.4, -0.2) is 65.4 Å². The number of hydrogen-bond donors (Lipinski definition) is 1. The number of nitriles is 1. The van der Waals surface area contributed by atoms with Gasteiger partial charge in [0.05, 0.1) is 11.6 Å². The fraction of sp³-hybridized carbons (Fsp3) is 0.375. The van der Waals surface area contributed by atoms with Crippen molar-refractivity contribution in [2.45, 2.75) is 25.4 Å². The molecule has 2 heterocycles. The number of hydrogen-bond acceptors (Lipinski definition) is 4. The van der Waals surface area contributed by atoms with Gasteiger partial charge in [-0.1, -0.05) is 36.4 Å². The van der Waals surface area contributed by atoms with Gasteiger partial charge in [-0.15, -0.1) is 0 Å². The molecule has 4 rings (SSSR count). The average molecular weight is 418 g/mol. The summed E-state index contributed by atoms with van der Waals surface area (Å²) in [6, 6.07) is 18.5. The number of nitrogens with one attached hydrogen (secondary N) is 1. The maximum absolute atomic E-state index is 13.2. The Kier molecular flexibility index (Phi) is 6.48. The minimum absolute atomic E-state index is 0.0396. The summed E-state index contributed by atoms with van der Waals surface area (Å²) in [4.78, 5) is 31.9. The van der Waals surface area contributed by atoms with Crippen LogP contribution >= 0.6 is 0 Å². The Labute approximate surface area is 182 Å². The van der Waals surface area contributed by atoms with E-state index in [1.54, 1.807) is 29.2 Å². The molecule has 1 atom stereocenters. The van der Waals surface area contributed by atoms with Crippen molar-refractivity contribution in [2.75, 3.05) is 38.0 Å². The van der Waals surface area contributed by atoms with Gasteiger partial charge in [0.2, 0.25) is 5.91 Å². The molecule has 2 aromatic rings. The summed E-state index contributed by atoms with van der Waals surface area (Å²) in [5.74, 6) is 0.0396. The van der Waals surface area contributed by atoms with E-state index >= 15 is 0 Å². The highest BCUT2D eigenvalue weighted by molar-refractivity contribution is 5.94.